The van der Waals surface area contributed by atoms with Gasteiger partial charge in [0.15, 0.2) is 0 Å². The summed E-state index contributed by atoms with van der Waals surface area (Å²) in [6.45, 7) is 3.29. The summed E-state index contributed by atoms with van der Waals surface area (Å²) in [5.74, 6) is -0.447. The maximum atomic E-state index is 13.0. The summed E-state index contributed by atoms with van der Waals surface area (Å²) >= 11 is 1.48. The number of carbonyl (C=O) groups excluding carboxylic acids is 1. The minimum atomic E-state index is -0.766. The van der Waals surface area contributed by atoms with E-state index in [-0.39, 0.29) is 18.2 Å². The van der Waals surface area contributed by atoms with Gasteiger partial charge >= 0.3 is 5.97 Å². The lowest BCUT2D eigenvalue weighted by Crippen LogP contribution is -2.40. The SMILES string of the molecule is Cc1nc(Cc2ccccc2)sc1C(=O)N1CCCC(CCC(=O)O)C1. The average Bonchev–Trinajstić information content (AvgIpc) is 3.00. The number of hydrogen-bond acceptors (Lipinski definition) is 4. The molecule has 2 heterocycles. The van der Waals surface area contributed by atoms with Gasteiger partial charge in [0.2, 0.25) is 0 Å². The molecule has 1 atom stereocenters. The summed E-state index contributed by atoms with van der Waals surface area (Å²) in [5, 5.41) is 9.83. The van der Waals surface area contributed by atoms with Crippen molar-refractivity contribution in [3.05, 3.63) is 51.5 Å². The van der Waals surface area contributed by atoms with Gasteiger partial charge in [0.05, 0.1) is 10.7 Å². The highest BCUT2D eigenvalue weighted by atomic mass is 32.1. The smallest absolute Gasteiger partial charge is 0.303 e. The number of amides is 1. The Bertz CT molecular complexity index is 773. The van der Waals surface area contributed by atoms with Gasteiger partial charge in [-0.25, -0.2) is 4.98 Å². The Kier molecular flexibility index (Phi) is 6.04. The zero-order valence-corrected chi connectivity index (χ0v) is 15.8. The topological polar surface area (TPSA) is 70.5 Å². The standard InChI is InChI=1S/C20H24N2O3S/c1-14-19(26-17(21-14)12-15-6-3-2-4-7-15)20(25)22-11-5-8-16(13-22)9-10-18(23)24/h2-4,6-7,16H,5,8-13H2,1H3,(H,23,24). The number of piperidine rings is 1. The minimum absolute atomic E-state index is 0.0411. The molecule has 1 saturated heterocycles. The molecule has 2 aromatic rings. The molecular weight excluding hydrogens is 348 g/mol. The Morgan fingerprint density at radius 2 is 2.08 bits per heavy atom. The van der Waals surface area contributed by atoms with Crippen LogP contribution in [0.4, 0.5) is 0 Å². The normalized spacial score (nSPS) is 17.3. The van der Waals surface area contributed by atoms with E-state index in [2.05, 4.69) is 17.1 Å². The quantitative estimate of drug-likeness (QED) is 0.838. The number of aryl methyl sites for hydroxylation is 1. The molecule has 1 unspecified atom stereocenters. The Balaban J connectivity index is 1.66. The van der Waals surface area contributed by atoms with E-state index in [1.54, 1.807) is 0 Å². The fourth-order valence-electron chi connectivity index (χ4n) is 3.45. The first-order valence-electron chi connectivity index (χ1n) is 9.04. The van der Waals surface area contributed by atoms with E-state index in [1.807, 2.05) is 30.0 Å². The van der Waals surface area contributed by atoms with E-state index in [4.69, 9.17) is 5.11 Å². The molecule has 6 heteroatoms. The Labute approximate surface area is 157 Å². The van der Waals surface area contributed by atoms with Crippen LogP contribution in [-0.4, -0.2) is 40.0 Å². The molecule has 1 N–H and O–H groups in total. The number of aromatic nitrogens is 1. The molecule has 0 bridgehead atoms. The van der Waals surface area contributed by atoms with Crippen molar-refractivity contribution in [2.45, 2.75) is 39.0 Å². The van der Waals surface area contributed by atoms with Gasteiger partial charge in [0, 0.05) is 25.9 Å². The molecule has 1 aromatic carbocycles. The third kappa shape index (κ3) is 4.69. The zero-order chi connectivity index (χ0) is 18.5. The number of benzene rings is 1. The van der Waals surface area contributed by atoms with Crippen molar-refractivity contribution in [3.63, 3.8) is 0 Å². The van der Waals surface area contributed by atoms with Crippen LogP contribution in [-0.2, 0) is 11.2 Å². The molecule has 1 aliphatic heterocycles. The van der Waals surface area contributed by atoms with Gasteiger partial charge in [-0.3, -0.25) is 9.59 Å². The maximum absolute atomic E-state index is 13.0. The van der Waals surface area contributed by atoms with Gasteiger partial charge in [-0.15, -0.1) is 11.3 Å². The fourth-order valence-corrected chi connectivity index (χ4v) is 4.52. The molecule has 0 saturated carbocycles. The molecule has 1 aliphatic rings. The zero-order valence-electron chi connectivity index (χ0n) is 15.0. The first-order valence-corrected chi connectivity index (χ1v) is 9.86. The van der Waals surface area contributed by atoms with E-state index in [0.717, 1.165) is 41.4 Å². The van der Waals surface area contributed by atoms with E-state index in [1.165, 1.54) is 16.9 Å². The van der Waals surface area contributed by atoms with Crippen LogP contribution in [0.25, 0.3) is 0 Å². The first-order chi connectivity index (χ1) is 12.5. The first kappa shape index (κ1) is 18.6. The van der Waals surface area contributed by atoms with Gasteiger partial charge in [-0.2, -0.15) is 0 Å². The van der Waals surface area contributed by atoms with Crippen LogP contribution in [0, 0.1) is 12.8 Å². The highest BCUT2D eigenvalue weighted by Crippen LogP contribution is 2.26. The van der Waals surface area contributed by atoms with E-state index >= 15 is 0 Å². The maximum Gasteiger partial charge on any atom is 0.303 e. The summed E-state index contributed by atoms with van der Waals surface area (Å²) < 4.78 is 0. The highest BCUT2D eigenvalue weighted by molar-refractivity contribution is 7.13. The second kappa shape index (κ2) is 8.45. The molecule has 26 heavy (non-hydrogen) atoms. The summed E-state index contributed by atoms with van der Waals surface area (Å²) in [4.78, 5) is 30.9. The molecule has 0 radical (unpaired) electrons. The molecule has 5 nitrogen and oxygen atoms in total. The third-order valence-corrected chi connectivity index (χ3v) is 5.95. The Hall–Kier alpha value is -2.21. The second-order valence-electron chi connectivity index (χ2n) is 6.88. The summed E-state index contributed by atoms with van der Waals surface area (Å²) in [6.07, 6.45) is 3.48. The number of rotatable bonds is 6. The van der Waals surface area contributed by atoms with E-state index in [9.17, 15) is 9.59 Å². The lowest BCUT2D eigenvalue weighted by Gasteiger charge is -2.32. The van der Waals surface area contributed by atoms with Crippen molar-refractivity contribution < 1.29 is 14.7 Å². The number of carbonyl (C=O) groups is 2. The van der Waals surface area contributed by atoms with Crippen molar-refractivity contribution in [1.82, 2.24) is 9.88 Å². The molecule has 1 amide bonds. The van der Waals surface area contributed by atoms with Crippen LogP contribution in [0.2, 0.25) is 0 Å². The molecule has 3 rings (SSSR count). The lowest BCUT2D eigenvalue weighted by molar-refractivity contribution is -0.137. The summed E-state index contributed by atoms with van der Waals surface area (Å²) in [5.41, 5.74) is 1.98. The van der Waals surface area contributed by atoms with Crippen LogP contribution >= 0.6 is 11.3 Å². The molecule has 0 spiro atoms. The lowest BCUT2D eigenvalue weighted by atomic mass is 9.93. The minimum Gasteiger partial charge on any atom is -0.481 e. The fraction of sp³-hybridized carbons (Fsp3) is 0.450. The Morgan fingerprint density at radius 3 is 2.81 bits per heavy atom. The number of carboxylic acids is 1. The predicted molar refractivity (Wildman–Crippen MR) is 102 cm³/mol. The van der Waals surface area contributed by atoms with E-state index < -0.39 is 5.97 Å². The van der Waals surface area contributed by atoms with Crippen LogP contribution in [0.15, 0.2) is 30.3 Å². The third-order valence-electron chi connectivity index (χ3n) is 4.81. The van der Waals surface area contributed by atoms with Gasteiger partial charge in [0.1, 0.15) is 4.88 Å². The highest BCUT2D eigenvalue weighted by Gasteiger charge is 2.27. The largest absolute Gasteiger partial charge is 0.481 e. The van der Waals surface area contributed by atoms with Gasteiger partial charge in [0.25, 0.3) is 5.91 Å². The number of likely N-dealkylation sites (tertiary alicyclic amines) is 1. The van der Waals surface area contributed by atoms with Gasteiger partial charge < -0.3 is 10.0 Å². The monoisotopic (exact) mass is 372 g/mol. The summed E-state index contributed by atoms with van der Waals surface area (Å²) in [7, 11) is 0. The predicted octanol–water partition coefficient (Wildman–Crippen LogP) is 3.76. The van der Waals surface area contributed by atoms with Crippen molar-refractivity contribution >= 4 is 23.2 Å². The van der Waals surface area contributed by atoms with Crippen molar-refractivity contribution in [3.8, 4) is 0 Å². The second-order valence-corrected chi connectivity index (χ2v) is 7.96. The van der Waals surface area contributed by atoms with Crippen molar-refractivity contribution in [1.29, 1.82) is 0 Å². The van der Waals surface area contributed by atoms with Crippen molar-refractivity contribution in [2.75, 3.05) is 13.1 Å². The van der Waals surface area contributed by atoms with Crippen LogP contribution in [0.1, 0.15) is 51.6 Å². The number of thiazole rings is 1. The average molecular weight is 372 g/mol. The molecular formula is C20H24N2O3S. The number of carboxylic acid groups (broad SMARTS) is 1. The summed E-state index contributed by atoms with van der Waals surface area (Å²) in [6, 6.07) is 10.1. The van der Waals surface area contributed by atoms with Crippen LogP contribution in [0.5, 0.6) is 0 Å². The molecule has 1 fully saturated rings. The van der Waals surface area contributed by atoms with Gasteiger partial charge in [-0.05, 0) is 37.7 Å². The number of aliphatic carboxylic acids is 1. The molecule has 138 valence electrons. The van der Waals surface area contributed by atoms with E-state index in [0.29, 0.717) is 13.0 Å². The van der Waals surface area contributed by atoms with Crippen LogP contribution < -0.4 is 0 Å². The number of hydrogen-bond donors (Lipinski definition) is 1. The molecule has 1 aromatic heterocycles. The number of nitrogens with zero attached hydrogens (tertiary/aromatic N) is 2. The van der Waals surface area contributed by atoms with Gasteiger partial charge in [-0.1, -0.05) is 30.3 Å². The van der Waals surface area contributed by atoms with Crippen LogP contribution in [0.3, 0.4) is 0 Å². The van der Waals surface area contributed by atoms with Crippen molar-refractivity contribution in [2.24, 2.45) is 5.92 Å². The molecule has 0 aliphatic carbocycles. The Morgan fingerprint density at radius 1 is 1.31 bits per heavy atom.